The summed E-state index contributed by atoms with van der Waals surface area (Å²) in [5.74, 6) is 0.552. The summed E-state index contributed by atoms with van der Waals surface area (Å²) in [6.45, 7) is 1.70. The minimum absolute atomic E-state index is 0.146. The van der Waals surface area contributed by atoms with E-state index in [-0.39, 0.29) is 16.7 Å². The largest absolute Gasteiger partial charge is 0.481 e. The lowest BCUT2D eigenvalue weighted by Crippen LogP contribution is -2.21. The maximum absolute atomic E-state index is 11.4. The van der Waals surface area contributed by atoms with Crippen LogP contribution in [0, 0.1) is 0 Å². The van der Waals surface area contributed by atoms with E-state index in [9.17, 15) is 4.79 Å². The Hall–Kier alpha value is -1.37. The zero-order chi connectivity index (χ0) is 12.1. The first kappa shape index (κ1) is 12.7. The van der Waals surface area contributed by atoms with Crippen LogP contribution in [0.4, 0.5) is 5.95 Å². The minimum atomic E-state index is -0.326. The fourth-order valence-electron chi connectivity index (χ4n) is 0.879. The third kappa shape index (κ3) is 3.34. The minimum Gasteiger partial charge on any atom is -0.481 e. The van der Waals surface area contributed by atoms with Crippen LogP contribution in [0.3, 0.4) is 0 Å². The first-order valence-corrected chi connectivity index (χ1v) is 5.40. The van der Waals surface area contributed by atoms with Crippen LogP contribution in [0.25, 0.3) is 0 Å². The Morgan fingerprint density at radius 1 is 1.38 bits per heavy atom. The molecule has 16 heavy (non-hydrogen) atoms. The number of alkyl halides is 1. The molecule has 1 heterocycles. The van der Waals surface area contributed by atoms with Crippen molar-refractivity contribution < 1.29 is 14.3 Å². The van der Waals surface area contributed by atoms with Crippen molar-refractivity contribution >= 4 is 27.8 Å². The summed E-state index contributed by atoms with van der Waals surface area (Å²) in [7, 11) is 2.95. The molecule has 7 heteroatoms. The van der Waals surface area contributed by atoms with E-state index < -0.39 is 0 Å². The molecule has 0 saturated carbocycles. The van der Waals surface area contributed by atoms with Crippen LogP contribution in [0.5, 0.6) is 11.8 Å². The molecule has 6 nitrogen and oxygen atoms in total. The normalized spacial score (nSPS) is 11.8. The summed E-state index contributed by atoms with van der Waals surface area (Å²) in [6.07, 6.45) is 0. The van der Waals surface area contributed by atoms with Gasteiger partial charge in [-0.1, -0.05) is 15.9 Å². The van der Waals surface area contributed by atoms with Gasteiger partial charge in [0.2, 0.25) is 23.6 Å². The molecule has 1 aromatic rings. The molecule has 1 rings (SSSR count). The van der Waals surface area contributed by atoms with Crippen LogP contribution < -0.4 is 14.8 Å². The average molecular weight is 290 g/mol. The number of aromatic nitrogens is 2. The Kier molecular flexibility index (Phi) is 4.48. The van der Waals surface area contributed by atoms with E-state index in [1.54, 1.807) is 6.92 Å². The summed E-state index contributed by atoms with van der Waals surface area (Å²) in [5.41, 5.74) is 0. The smallest absolute Gasteiger partial charge is 0.240 e. The molecule has 0 aromatic carbocycles. The van der Waals surface area contributed by atoms with Crippen LogP contribution in [0.1, 0.15) is 6.92 Å². The number of carbonyl (C=O) groups excluding carboxylic acids is 1. The SMILES string of the molecule is COc1cc(OC)nc(NC(=O)C(C)Br)n1. The van der Waals surface area contributed by atoms with Crippen molar-refractivity contribution in [2.24, 2.45) is 0 Å². The van der Waals surface area contributed by atoms with E-state index in [1.165, 1.54) is 20.3 Å². The number of amides is 1. The first-order valence-electron chi connectivity index (χ1n) is 4.48. The van der Waals surface area contributed by atoms with Gasteiger partial charge in [-0.3, -0.25) is 10.1 Å². The number of halogens is 1. The van der Waals surface area contributed by atoms with Crippen LogP contribution in [0.2, 0.25) is 0 Å². The van der Waals surface area contributed by atoms with Gasteiger partial charge in [0.05, 0.1) is 25.1 Å². The Bertz CT molecular complexity index is 362. The molecule has 88 valence electrons. The fraction of sp³-hybridized carbons (Fsp3) is 0.444. The second-order valence-corrected chi connectivity index (χ2v) is 4.26. The molecule has 1 N–H and O–H groups in total. The molecule has 1 atom stereocenters. The van der Waals surface area contributed by atoms with Crippen LogP contribution in [0.15, 0.2) is 6.07 Å². The highest BCUT2D eigenvalue weighted by Gasteiger charge is 2.12. The van der Waals surface area contributed by atoms with E-state index in [2.05, 4.69) is 31.2 Å². The van der Waals surface area contributed by atoms with E-state index in [0.717, 1.165) is 0 Å². The maximum Gasteiger partial charge on any atom is 0.240 e. The van der Waals surface area contributed by atoms with Crippen molar-refractivity contribution in [3.05, 3.63) is 6.07 Å². The Balaban J connectivity index is 2.91. The van der Waals surface area contributed by atoms with Crippen molar-refractivity contribution in [1.82, 2.24) is 9.97 Å². The average Bonchev–Trinajstić information content (AvgIpc) is 2.28. The van der Waals surface area contributed by atoms with Crippen LogP contribution in [-0.2, 0) is 4.79 Å². The van der Waals surface area contributed by atoms with Gasteiger partial charge in [-0.15, -0.1) is 0 Å². The van der Waals surface area contributed by atoms with Crippen molar-refractivity contribution in [1.29, 1.82) is 0 Å². The molecule has 1 aromatic heterocycles. The number of hydrogen-bond donors (Lipinski definition) is 1. The van der Waals surface area contributed by atoms with E-state index >= 15 is 0 Å². The van der Waals surface area contributed by atoms with Crippen LogP contribution in [-0.4, -0.2) is 34.9 Å². The Morgan fingerprint density at radius 3 is 2.25 bits per heavy atom. The molecule has 0 aliphatic rings. The summed E-state index contributed by atoms with van der Waals surface area (Å²) in [6, 6.07) is 1.52. The predicted octanol–water partition coefficient (Wildman–Crippen LogP) is 1.22. The summed E-state index contributed by atoms with van der Waals surface area (Å²) in [5, 5.41) is 2.52. The number of rotatable bonds is 4. The second-order valence-electron chi connectivity index (χ2n) is 2.88. The highest BCUT2D eigenvalue weighted by atomic mass is 79.9. The molecular weight excluding hydrogens is 278 g/mol. The Morgan fingerprint density at radius 2 is 1.88 bits per heavy atom. The predicted molar refractivity (Wildman–Crippen MR) is 62.2 cm³/mol. The molecule has 0 fully saturated rings. The lowest BCUT2D eigenvalue weighted by molar-refractivity contribution is -0.115. The number of anilines is 1. The number of ether oxygens (including phenoxy) is 2. The van der Waals surface area contributed by atoms with Crippen molar-refractivity contribution in [2.75, 3.05) is 19.5 Å². The van der Waals surface area contributed by atoms with E-state index in [1.807, 2.05) is 0 Å². The molecule has 1 amide bonds. The number of nitrogens with zero attached hydrogens (tertiary/aromatic N) is 2. The van der Waals surface area contributed by atoms with Crippen molar-refractivity contribution in [2.45, 2.75) is 11.8 Å². The number of methoxy groups -OCH3 is 2. The monoisotopic (exact) mass is 289 g/mol. The van der Waals surface area contributed by atoms with Gasteiger partial charge in [-0.05, 0) is 6.92 Å². The lowest BCUT2D eigenvalue weighted by atomic mass is 10.4. The number of hydrogen-bond acceptors (Lipinski definition) is 5. The lowest BCUT2D eigenvalue weighted by Gasteiger charge is -2.08. The van der Waals surface area contributed by atoms with Gasteiger partial charge >= 0.3 is 0 Å². The Labute approximate surface area is 102 Å². The standard InChI is InChI=1S/C9H12BrN3O3/c1-5(10)8(14)13-9-11-6(15-2)4-7(12-9)16-3/h4-5H,1-3H3,(H,11,12,13,14). The molecule has 1 unspecified atom stereocenters. The molecular formula is C9H12BrN3O3. The molecule has 0 spiro atoms. The summed E-state index contributed by atoms with van der Waals surface area (Å²) in [4.78, 5) is 19.0. The van der Waals surface area contributed by atoms with Crippen molar-refractivity contribution in [3.8, 4) is 11.8 Å². The number of carbonyl (C=O) groups is 1. The van der Waals surface area contributed by atoms with Gasteiger partial charge in [0.25, 0.3) is 0 Å². The highest BCUT2D eigenvalue weighted by Crippen LogP contribution is 2.17. The summed E-state index contributed by atoms with van der Waals surface area (Å²) < 4.78 is 9.89. The third-order valence-electron chi connectivity index (χ3n) is 1.69. The molecule has 0 radical (unpaired) electrons. The maximum atomic E-state index is 11.4. The quantitative estimate of drug-likeness (QED) is 0.844. The zero-order valence-corrected chi connectivity index (χ0v) is 10.7. The zero-order valence-electron chi connectivity index (χ0n) is 9.15. The number of nitrogens with one attached hydrogen (secondary N) is 1. The summed E-state index contributed by atoms with van der Waals surface area (Å²) >= 11 is 3.14. The topological polar surface area (TPSA) is 73.3 Å². The highest BCUT2D eigenvalue weighted by molar-refractivity contribution is 9.10. The second kappa shape index (κ2) is 5.64. The van der Waals surface area contributed by atoms with Crippen LogP contribution >= 0.6 is 15.9 Å². The van der Waals surface area contributed by atoms with Gasteiger partial charge in [0.15, 0.2) is 0 Å². The fourth-order valence-corrected chi connectivity index (χ4v) is 0.993. The third-order valence-corrected chi connectivity index (χ3v) is 2.11. The van der Waals surface area contributed by atoms with Gasteiger partial charge in [0.1, 0.15) is 0 Å². The van der Waals surface area contributed by atoms with E-state index in [4.69, 9.17) is 9.47 Å². The molecule has 0 bridgehead atoms. The molecule has 0 saturated heterocycles. The first-order chi connectivity index (χ1) is 7.56. The van der Waals surface area contributed by atoms with Gasteiger partial charge < -0.3 is 9.47 Å². The molecule has 0 aliphatic carbocycles. The van der Waals surface area contributed by atoms with E-state index in [0.29, 0.717) is 11.8 Å². The van der Waals surface area contributed by atoms with Gasteiger partial charge in [0, 0.05) is 0 Å². The van der Waals surface area contributed by atoms with Gasteiger partial charge in [-0.2, -0.15) is 9.97 Å². The van der Waals surface area contributed by atoms with Crippen molar-refractivity contribution in [3.63, 3.8) is 0 Å². The van der Waals surface area contributed by atoms with Gasteiger partial charge in [-0.25, -0.2) is 0 Å². The molecule has 0 aliphatic heterocycles.